The van der Waals surface area contributed by atoms with Gasteiger partial charge in [-0.3, -0.25) is 4.79 Å². The van der Waals surface area contributed by atoms with E-state index in [0.717, 1.165) is 35.6 Å². The number of likely N-dealkylation sites (tertiary alicyclic amines) is 1. The molecule has 0 saturated carbocycles. The normalized spacial score (nSPS) is 15.6. The summed E-state index contributed by atoms with van der Waals surface area (Å²) in [4.78, 5) is 14.9. The number of rotatable bonds is 8. The largest absolute Gasteiger partial charge is 0.497 e. The lowest BCUT2D eigenvalue weighted by Gasteiger charge is -2.26. The predicted octanol–water partition coefficient (Wildman–Crippen LogP) is 4.89. The Bertz CT molecular complexity index is 1080. The van der Waals surface area contributed by atoms with Crippen LogP contribution in [0.2, 0.25) is 0 Å². The van der Waals surface area contributed by atoms with Crippen LogP contribution in [0.4, 0.5) is 15.2 Å². The molecule has 7 nitrogen and oxygen atoms in total. The van der Waals surface area contributed by atoms with Gasteiger partial charge in [0, 0.05) is 17.8 Å². The molecule has 168 valence electrons. The highest BCUT2D eigenvalue weighted by molar-refractivity contribution is 8.01. The Kier molecular flexibility index (Phi) is 7.11. The number of methoxy groups -OCH3 is 2. The Balaban J connectivity index is 1.39. The number of thioether (sulfide) groups is 1. The summed E-state index contributed by atoms with van der Waals surface area (Å²) in [7, 11) is 3.26. The average Bonchev–Trinajstić information content (AvgIpc) is 3.48. The van der Waals surface area contributed by atoms with Gasteiger partial charge in [-0.2, -0.15) is 0 Å². The van der Waals surface area contributed by atoms with Gasteiger partial charge in [0.05, 0.1) is 26.0 Å². The number of carbonyl (C=O) groups is 1. The molecular weight excluding hydrogens is 451 g/mol. The van der Waals surface area contributed by atoms with E-state index in [1.165, 1.54) is 35.2 Å². The molecule has 32 heavy (non-hydrogen) atoms. The maximum atomic E-state index is 13.0. The molecule has 1 fully saturated rings. The summed E-state index contributed by atoms with van der Waals surface area (Å²) in [5, 5.41) is 11.9. The second kappa shape index (κ2) is 10.2. The Hall–Kier alpha value is -2.85. The fraction of sp³-hybridized carbons (Fsp3) is 0.318. The number of carbonyl (C=O) groups excluding carboxylic acids is 1. The number of aromatic nitrogens is 2. The first-order valence-corrected chi connectivity index (χ1v) is 11.9. The van der Waals surface area contributed by atoms with E-state index in [2.05, 4.69) is 15.5 Å². The van der Waals surface area contributed by atoms with Gasteiger partial charge in [-0.1, -0.05) is 23.1 Å². The Labute approximate surface area is 193 Å². The summed E-state index contributed by atoms with van der Waals surface area (Å²) >= 11 is 2.72. The van der Waals surface area contributed by atoms with Crippen molar-refractivity contribution in [1.29, 1.82) is 0 Å². The van der Waals surface area contributed by atoms with Gasteiger partial charge in [0.2, 0.25) is 11.0 Å². The number of nitrogens with one attached hydrogen (secondary N) is 1. The van der Waals surface area contributed by atoms with Crippen molar-refractivity contribution in [1.82, 2.24) is 15.1 Å². The molecule has 1 aliphatic rings. The molecule has 1 amide bonds. The van der Waals surface area contributed by atoms with E-state index in [9.17, 15) is 9.18 Å². The highest BCUT2D eigenvalue weighted by Crippen LogP contribution is 2.39. The zero-order valence-corrected chi connectivity index (χ0v) is 19.3. The zero-order chi connectivity index (χ0) is 22.5. The van der Waals surface area contributed by atoms with E-state index in [-0.39, 0.29) is 23.5 Å². The lowest BCUT2D eigenvalue weighted by Crippen LogP contribution is -2.32. The first-order valence-electron chi connectivity index (χ1n) is 10.1. The van der Waals surface area contributed by atoms with Crippen LogP contribution in [-0.4, -0.2) is 47.5 Å². The Morgan fingerprint density at radius 1 is 1.22 bits per heavy atom. The third-order valence-corrected chi connectivity index (χ3v) is 7.15. The van der Waals surface area contributed by atoms with E-state index in [4.69, 9.17) is 9.47 Å². The van der Waals surface area contributed by atoms with Crippen LogP contribution in [-0.2, 0) is 4.79 Å². The first kappa shape index (κ1) is 22.3. The molecule has 1 aliphatic heterocycles. The van der Waals surface area contributed by atoms with Crippen molar-refractivity contribution in [3.05, 3.63) is 53.8 Å². The summed E-state index contributed by atoms with van der Waals surface area (Å²) in [6, 6.07) is 11.6. The number of amides is 1. The first-order chi connectivity index (χ1) is 15.6. The van der Waals surface area contributed by atoms with Gasteiger partial charge in [-0.15, -0.1) is 10.2 Å². The van der Waals surface area contributed by atoms with Gasteiger partial charge in [0.15, 0.2) is 4.34 Å². The molecule has 0 unspecified atom stereocenters. The second-order valence-electron chi connectivity index (χ2n) is 7.15. The van der Waals surface area contributed by atoms with E-state index < -0.39 is 0 Å². The van der Waals surface area contributed by atoms with Crippen molar-refractivity contribution in [2.24, 2.45) is 0 Å². The lowest BCUT2D eigenvalue weighted by molar-refractivity contribution is -0.129. The topological polar surface area (TPSA) is 76.6 Å². The van der Waals surface area contributed by atoms with Crippen molar-refractivity contribution in [3.8, 4) is 11.5 Å². The quantitative estimate of drug-likeness (QED) is 0.466. The fourth-order valence-electron chi connectivity index (χ4n) is 3.67. The molecule has 0 radical (unpaired) electrons. The zero-order valence-electron chi connectivity index (χ0n) is 17.7. The summed E-state index contributed by atoms with van der Waals surface area (Å²) in [6.45, 7) is 0.706. The molecule has 1 saturated heterocycles. The predicted molar refractivity (Wildman–Crippen MR) is 124 cm³/mol. The molecule has 2 aromatic carbocycles. The van der Waals surface area contributed by atoms with Crippen LogP contribution in [0.15, 0.2) is 46.8 Å². The molecular formula is C22H23FN4O3S2. The van der Waals surface area contributed by atoms with Crippen molar-refractivity contribution >= 4 is 39.8 Å². The van der Waals surface area contributed by atoms with Crippen LogP contribution >= 0.6 is 23.1 Å². The van der Waals surface area contributed by atoms with Gasteiger partial charge in [-0.25, -0.2) is 4.39 Å². The number of benzene rings is 2. The lowest BCUT2D eigenvalue weighted by atomic mass is 10.0. The second-order valence-corrected chi connectivity index (χ2v) is 9.35. The van der Waals surface area contributed by atoms with E-state index in [0.29, 0.717) is 16.0 Å². The van der Waals surface area contributed by atoms with Gasteiger partial charge in [0.25, 0.3) is 0 Å². The van der Waals surface area contributed by atoms with Crippen LogP contribution in [0.3, 0.4) is 0 Å². The maximum absolute atomic E-state index is 13.0. The minimum atomic E-state index is -0.297. The van der Waals surface area contributed by atoms with Gasteiger partial charge in [0.1, 0.15) is 17.3 Å². The summed E-state index contributed by atoms with van der Waals surface area (Å²) < 4.78 is 24.6. The third kappa shape index (κ3) is 5.13. The molecule has 2 heterocycles. The van der Waals surface area contributed by atoms with E-state index >= 15 is 0 Å². The van der Waals surface area contributed by atoms with Crippen LogP contribution in [0.1, 0.15) is 24.4 Å². The SMILES string of the molecule is COc1ccc(OC)c([C@H]2CCCN2C(=O)CSc2nnc(Nc3ccc(F)cc3)s2)c1. The van der Waals surface area contributed by atoms with Crippen molar-refractivity contribution in [2.75, 3.05) is 31.8 Å². The average molecular weight is 475 g/mol. The van der Waals surface area contributed by atoms with E-state index in [1.54, 1.807) is 26.4 Å². The summed E-state index contributed by atoms with van der Waals surface area (Å²) in [6.07, 6.45) is 1.82. The number of hydrogen-bond donors (Lipinski definition) is 1. The minimum absolute atomic E-state index is 0.0433. The molecule has 10 heteroatoms. The van der Waals surface area contributed by atoms with Crippen LogP contribution in [0.25, 0.3) is 0 Å². The van der Waals surface area contributed by atoms with Gasteiger partial charge < -0.3 is 19.7 Å². The molecule has 3 aromatic rings. The fourth-order valence-corrected chi connectivity index (χ4v) is 5.33. The summed E-state index contributed by atoms with van der Waals surface area (Å²) in [5.41, 5.74) is 1.69. The molecule has 1 N–H and O–H groups in total. The molecule has 0 bridgehead atoms. The van der Waals surface area contributed by atoms with Gasteiger partial charge >= 0.3 is 0 Å². The minimum Gasteiger partial charge on any atom is -0.497 e. The molecule has 0 spiro atoms. The number of ether oxygens (including phenoxy) is 2. The number of anilines is 2. The molecule has 1 atom stereocenters. The van der Waals surface area contributed by atoms with Gasteiger partial charge in [-0.05, 0) is 55.3 Å². The smallest absolute Gasteiger partial charge is 0.233 e. The third-order valence-electron chi connectivity index (χ3n) is 5.19. The Morgan fingerprint density at radius 2 is 2.03 bits per heavy atom. The number of halogens is 1. The monoisotopic (exact) mass is 474 g/mol. The van der Waals surface area contributed by atoms with Crippen LogP contribution in [0, 0.1) is 5.82 Å². The molecule has 1 aromatic heterocycles. The highest BCUT2D eigenvalue weighted by atomic mass is 32.2. The molecule has 4 rings (SSSR count). The van der Waals surface area contributed by atoms with Crippen LogP contribution in [0.5, 0.6) is 11.5 Å². The van der Waals surface area contributed by atoms with Crippen molar-refractivity contribution in [2.45, 2.75) is 23.2 Å². The van der Waals surface area contributed by atoms with Crippen LogP contribution < -0.4 is 14.8 Å². The molecule has 0 aliphatic carbocycles. The standard InChI is InChI=1S/C22H23FN4O3S2/c1-29-16-9-10-19(30-2)17(12-16)18-4-3-11-27(18)20(28)13-31-22-26-25-21(32-22)24-15-7-5-14(23)6-8-15/h5-10,12,18H,3-4,11,13H2,1-2H3,(H,24,25)/t18-/m1/s1. The summed E-state index contributed by atoms with van der Waals surface area (Å²) in [5.74, 6) is 1.52. The van der Waals surface area contributed by atoms with Crippen molar-refractivity contribution in [3.63, 3.8) is 0 Å². The highest BCUT2D eigenvalue weighted by Gasteiger charge is 2.32. The Morgan fingerprint density at radius 3 is 2.78 bits per heavy atom. The number of nitrogens with zero attached hydrogens (tertiary/aromatic N) is 3. The number of hydrogen-bond acceptors (Lipinski definition) is 8. The maximum Gasteiger partial charge on any atom is 0.233 e. The van der Waals surface area contributed by atoms with E-state index in [1.807, 2.05) is 23.1 Å². The van der Waals surface area contributed by atoms with Crippen molar-refractivity contribution < 1.29 is 18.7 Å².